The van der Waals surface area contributed by atoms with Gasteiger partial charge in [0.05, 0.1) is 18.0 Å². The predicted molar refractivity (Wildman–Crippen MR) is 92.1 cm³/mol. The van der Waals surface area contributed by atoms with Crippen molar-refractivity contribution in [3.63, 3.8) is 0 Å². The minimum Gasteiger partial charge on any atom is -0.368 e. The third-order valence-electron chi connectivity index (χ3n) is 4.58. The molecule has 1 amide bonds. The number of carbonyl (C=O) groups is 1. The van der Waals surface area contributed by atoms with Gasteiger partial charge in [-0.15, -0.1) is 0 Å². The lowest BCUT2D eigenvalue weighted by atomic mass is 10.1. The Morgan fingerprint density at radius 2 is 1.83 bits per heavy atom. The third kappa shape index (κ3) is 4.45. The highest BCUT2D eigenvalue weighted by molar-refractivity contribution is 5.81. The third-order valence-corrected chi connectivity index (χ3v) is 4.58. The molecule has 0 radical (unpaired) electrons. The highest BCUT2D eigenvalue weighted by Gasteiger charge is 2.27. The number of halogens is 1. The summed E-state index contributed by atoms with van der Waals surface area (Å²) in [6, 6.07) is 8.42. The number of benzene rings is 1. The summed E-state index contributed by atoms with van der Waals surface area (Å²) in [7, 11) is 1.88. The molecule has 1 aromatic rings. The zero-order valence-corrected chi connectivity index (χ0v) is 14.6. The van der Waals surface area contributed by atoms with Crippen molar-refractivity contribution in [1.29, 1.82) is 5.26 Å². The standard InChI is InChI=1S/C18H25FN4O/c1-14(12-20)13-21(3)15(2)18(24)23-10-8-22(9-11-23)17-6-4-16(19)5-7-17/h4-7,14-15H,8-11,13H2,1-3H3. The Morgan fingerprint density at radius 1 is 1.25 bits per heavy atom. The number of nitrogens with zero attached hydrogens (tertiary/aromatic N) is 4. The van der Waals surface area contributed by atoms with E-state index in [-0.39, 0.29) is 23.7 Å². The van der Waals surface area contributed by atoms with Crippen molar-refractivity contribution in [2.45, 2.75) is 19.9 Å². The average Bonchev–Trinajstić information content (AvgIpc) is 2.61. The molecular weight excluding hydrogens is 307 g/mol. The zero-order chi connectivity index (χ0) is 17.7. The van der Waals surface area contributed by atoms with Crippen molar-refractivity contribution in [2.75, 3.05) is 44.7 Å². The predicted octanol–water partition coefficient (Wildman–Crippen LogP) is 1.95. The first kappa shape index (κ1) is 18.2. The molecular formula is C18H25FN4O. The first-order valence-corrected chi connectivity index (χ1v) is 8.31. The normalized spacial score (nSPS) is 17.5. The molecule has 0 spiro atoms. The van der Waals surface area contributed by atoms with E-state index in [1.807, 2.05) is 30.7 Å². The molecule has 130 valence electrons. The molecule has 1 aliphatic rings. The van der Waals surface area contributed by atoms with Crippen LogP contribution in [0.5, 0.6) is 0 Å². The summed E-state index contributed by atoms with van der Waals surface area (Å²) in [6.07, 6.45) is 0. The molecule has 0 N–H and O–H groups in total. The highest BCUT2D eigenvalue weighted by Crippen LogP contribution is 2.17. The lowest BCUT2D eigenvalue weighted by molar-refractivity contribution is -0.136. The largest absolute Gasteiger partial charge is 0.368 e. The molecule has 0 aromatic heterocycles. The Kier molecular flexibility index (Phi) is 6.16. The second-order valence-electron chi connectivity index (χ2n) is 6.43. The number of amides is 1. The van der Waals surface area contributed by atoms with Crippen LogP contribution in [0.1, 0.15) is 13.8 Å². The first-order chi connectivity index (χ1) is 11.4. The number of nitriles is 1. The van der Waals surface area contributed by atoms with E-state index in [2.05, 4.69) is 11.0 Å². The molecule has 24 heavy (non-hydrogen) atoms. The van der Waals surface area contributed by atoms with Gasteiger partial charge in [0.25, 0.3) is 0 Å². The summed E-state index contributed by atoms with van der Waals surface area (Å²) in [5.74, 6) is -0.238. The summed E-state index contributed by atoms with van der Waals surface area (Å²) >= 11 is 0. The fraction of sp³-hybridized carbons (Fsp3) is 0.556. The van der Waals surface area contributed by atoms with E-state index in [0.29, 0.717) is 19.6 Å². The Hall–Kier alpha value is -2.13. The molecule has 1 aromatic carbocycles. The van der Waals surface area contributed by atoms with Crippen LogP contribution in [-0.2, 0) is 4.79 Å². The van der Waals surface area contributed by atoms with Crippen molar-refractivity contribution in [1.82, 2.24) is 9.80 Å². The molecule has 2 rings (SSSR count). The summed E-state index contributed by atoms with van der Waals surface area (Å²) < 4.78 is 13.0. The van der Waals surface area contributed by atoms with E-state index < -0.39 is 0 Å². The molecule has 1 saturated heterocycles. The van der Waals surface area contributed by atoms with Gasteiger partial charge in [0.1, 0.15) is 5.82 Å². The maximum Gasteiger partial charge on any atom is 0.239 e. The van der Waals surface area contributed by atoms with Gasteiger partial charge in [0.2, 0.25) is 5.91 Å². The van der Waals surface area contributed by atoms with Gasteiger partial charge in [-0.25, -0.2) is 4.39 Å². The monoisotopic (exact) mass is 332 g/mol. The minimum atomic E-state index is -0.240. The van der Waals surface area contributed by atoms with Gasteiger partial charge >= 0.3 is 0 Å². The number of hydrogen-bond acceptors (Lipinski definition) is 4. The molecule has 2 unspecified atom stereocenters. The number of carbonyl (C=O) groups excluding carboxylic acids is 1. The topological polar surface area (TPSA) is 50.6 Å². The van der Waals surface area contributed by atoms with Crippen molar-refractivity contribution < 1.29 is 9.18 Å². The Labute approximate surface area is 143 Å². The van der Waals surface area contributed by atoms with Gasteiger partial charge in [-0.1, -0.05) is 0 Å². The average molecular weight is 332 g/mol. The molecule has 0 bridgehead atoms. The number of likely N-dealkylation sites (N-methyl/N-ethyl adjacent to an activating group) is 1. The van der Waals surface area contributed by atoms with Crippen LogP contribution in [0.15, 0.2) is 24.3 Å². The molecule has 1 aliphatic heterocycles. The van der Waals surface area contributed by atoms with Gasteiger partial charge in [0.15, 0.2) is 0 Å². The van der Waals surface area contributed by atoms with Crippen LogP contribution >= 0.6 is 0 Å². The van der Waals surface area contributed by atoms with Crippen LogP contribution in [-0.4, -0.2) is 61.5 Å². The van der Waals surface area contributed by atoms with Crippen molar-refractivity contribution >= 4 is 11.6 Å². The van der Waals surface area contributed by atoms with Crippen LogP contribution in [0, 0.1) is 23.1 Å². The summed E-state index contributed by atoms with van der Waals surface area (Å²) in [5, 5.41) is 8.91. The van der Waals surface area contributed by atoms with E-state index in [1.54, 1.807) is 12.1 Å². The van der Waals surface area contributed by atoms with E-state index >= 15 is 0 Å². The number of anilines is 1. The lowest BCUT2D eigenvalue weighted by Crippen LogP contribution is -2.54. The van der Waals surface area contributed by atoms with Gasteiger partial charge in [-0.05, 0) is 45.2 Å². The van der Waals surface area contributed by atoms with Gasteiger partial charge < -0.3 is 9.80 Å². The van der Waals surface area contributed by atoms with E-state index in [9.17, 15) is 9.18 Å². The maximum atomic E-state index is 13.0. The van der Waals surface area contributed by atoms with Crippen LogP contribution in [0.4, 0.5) is 10.1 Å². The van der Waals surface area contributed by atoms with Crippen LogP contribution < -0.4 is 4.90 Å². The molecule has 6 heteroatoms. The van der Waals surface area contributed by atoms with E-state index in [0.717, 1.165) is 18.8 Å². The fourth-order valence-electron chi connectivity index (χ4n) is 2.92. The zero-order valence-electron chi connectivity index (χ0n) is 14.6. The van der Waals surface area contributed by atoms with E-state index in [4.69, 9.17) is 5.26 Å². The van der Waals surface area contributed by atoms with Crippen LogP contribution in [0.25, 0.3) is 0 Å². The molecule has 0 saturated carbocycles. The lowest BCUT2D eigenvalue weighted by Gasteiger charge is -2.38. The van der Waals surface area contributed by atoms with Gasteiger partial charge in [0, 0.05) is 38.4 Å². The summed E-state index contributed by atoms with van der Waals surface area (Å²) in [5.41, 5.74) is 0.983. The quantitative estimate of drug-likeness (QED) is 0.827. The van der Waals surface area contributed by atoms with Crippen molar-refractivity contribution in [3.8, 4) is 6.07 Å². The summed E-state index contributed by atoms with van der Waals surface area (Å²) in [4.78, 5) is 18.6. The van der Waals surface area contributed by atoms with Gasteiger partial charge in [-0.2, -0.15) is 5.26 Å². The highest BCUT2D eigenvalue weighted by atomic mass is 19.1. The molecule has 1 heterocycles. The minimum absolute atomic E-state index is 0.0967. The van der Waals surface area contributed by atoms with Crippen molar-refractivity contribution in [3.05, 3.63) is 30.1 Å². The Balaban J connectivity index is 1.88. The smallest absolute Gasteiger partial charge is 0.239 e. The molecule has 5 nitrogen and oxygen atoms in total. The number of piperazine rings is 1. The Bertz CT molecular complexity index is 590. The molecule has 1 fully saturated rings. The maximum absolute atomic E-state index is 13.0. The summed E-state index contributed by atoms with van der Waals surface area (Å²) in [6.45, 7) is 7.11. The fourth-order valence-corrected chi connectivity index (χ4v) is 2.92. The number of rotatable bonds is 5. The SMILES string of the molecule is CC(C#N)CN(C)C(C)C(=O)N1CCN(c2ccc(F)cc2)CC1. The Morgan fingerprint density at radius 3 is 2.38 bits per heavy atom. The molecule has 0 aliphatic carbocycles. The van der Waals surface area contributed by atoms with Crippen molar-refractivity contribution in [2.24, 2.45) is 5.92 Å². The van der Waals surface area contributed by atoms with Crippen LogP contribution in [0.3, 0.4) is 0 Å². The van der Waals surface area contributed by atoms with E-state index in [1.165, 1.54) is 12.1 Å². The second-order valence-corrected chi connectivity index (χ2v) is 6.43. The first-order valence-electron chi connectivity index (χ1n) is 8.31. The van der Waals surface area contributed by atoms with Gasteiger partial charge in [-0.3, -0.25) is 9.69 Å². The molecule has 2 atom stereocenters. The number of hydrogen-bond donors (Lipinski definition) is 0. The second kappa shape index (κ2) is 8.11. The van der Waals surface area contributed by atoms with Crippen LogP contribution in [0.2, 0.25) is 0 Å².